The molecule has 314 valence electrons. The van der Waals surface area contributed by atoms with Crippen LogP contribution < -0.4 is 20.7 Å². The summed E-state index contributed by atoms with van der Waals surface area (Å²) < 4.78 is 16.1. The van der Waals surface area contributed by atoms with Crippen molar-refractivity contribution in [1.29, 1.82) is 0 Å². The highest BCUT2D eigenvalue weighted by Gasteiger charge is 2.39. The smallest absolute Gasteiger partial charge is 0.407 e. The first-order valence-corrected chi connectivity index (χ1v) is 20.6. The van der Waals surface area contributed by atoms with E-state index < -0.39 is 24.3 Å². The van der Waals surface area contributed by atoms with Gasteiger partial charge in [-0.25, -0.2) is 19.6 Å². The number of fused-ring (bicyclic) bond motifs is 2. The van der Waals surface area contributed by atoms with E-state index in [1.165, 1.54) is 14.2 Å². The highest BCUT2D eigenvalue weighted by Crippen LogP contribution is 2.48. The molecule has 0 unspecified atom stereocenters. The molecular formula is C43H55N9O7. The number of carbonyl (C=O) groups excluding carboxylic acids is 4. The third kappa shape index (κ3) is 8.30. The first kappa shape index (κ1) is 41.1. The number of ether oxygens (including phenoxy) is 3. The largest absolute Gasteiger partial charge is 0.453 e. The van der Waals surface area contributed by atoms with Gasteiger partial charge in [0.1, 0.15) is 23.7 Å². The molecule has 0 radical (unpaired) electrons. The van der Waals surface area contributed by atoms with Crippen LogP contribution in [-0.4, -0.2) is 93.1 Å². The van der Waals surface area contributed by atoms with Crippen LogP contribution in [-0.2, 0) is 25.5 Å². The van der Waals surface area contributed by atoms with Crippen LogP contribution in [0.1, 0.15) is 96.0 Å². The number of H-pyrrole nitrogens is 2. The lowest BCUT2D eigenvalue weighted by Crippen LogP contribution is -2.51. The number of benzene rings is 2. The van der Waals surface area contributed by atoms with Crippen molar-refractivity contribution < 1.29 is 33.4 Å². The normalized spacial score (nSPS) is 18.1. The van der Waals surface area contributed by atoms with Crippen molar-refractivity contribution >= 4 is 35.4 Å². The third-order valence-electron chi connectivity index (χ3n) is 11.5. The summed E-state index contributed by atoms with van der Waals surface area (Å²) in [7, 11) is 2.58. The van der Waals surface area contributed by atoms with Gasteiger partial charge in [0.15, 0.2) is 11.5 Å². The molecule has 5 N–H and O–H groups in total. The van der Waals surface area contributed by atoms with Crippen LogP contribution in [0.2, 0.25) is 0 Å². The van der Waals surface area contributed by atoms with Crippen LogP contribution in [0.25, 0.3) is 22.5 Å². The number of hydrogen-bond acceptors (Lipinski definition) is 10. The average molecular weight is 810 g/mol. The molecule has 0 saturated carbocycles. The maximum atomic E-state index is 13.7. The number of hydrogen-bond donors (Lipinski definition) is 5. The lowest BCUT2D eigenvalue weighted by Gasteiger charge is -2.30. The van der Waals surface area contributed by atoms with Crippen LogP contribution in [0.3, 0.4) is 0 Å². The Morgan fingerprint density at radius 3 is 1.90 bits per heavy atom. The molecule has 4 aromatic rings. The number of alkyl carbamates (subject to hydrolysis) is 2. The second-order valence-corrected chi connectivity index (χ2v) is 16.1. The SMILES string of the molecule is CCCc1c(-c2cnc([C@@H]3CCCN3C(=O)[C@@H](NC(=O)OC)C(C)C)[nH]2)ccc2c1Nc1ccc(-c3cnc([C@@H]4CCCN4C(=O)[C@@H](NC(=O)OC)C(C)C)[nH]3)cc1O2. The maximum absolute atomic E-state index is 13.7. The Hall–Kier alpha value is -6.06. The summed E-state index contributed by atoms with van der Waals surface area (Å²) in [5.41, 5.74) is 6.32. The zero-order valence-corrected chi connectivity index (χ0v) is 34.8. The summed E-state index contributed by atoms with van der Waals surface area (Å²) in [6, 6.07) is 8.07. The van der Waals surface area contributed by atoms with Crippen molar-refractivity contribution in [3.8, 4) is 34.0 Å². The molecule has 5 heterocycles. The highest BCUT2D eigenvalue weighted by molar-refractivity contribution is 5.88. The Morgan fingerprint density at radius 1 is 0.797 bits per heavy atom. The molecule has 16 nitrogen and oxygen atoms in total. The minimum atomic E-state index is -0.710. The highest BCUT2D eigenvalue weighted by atomic mass is 16.5. The summed E-state index contributed by atoms with van der Waals surface area (Å²) in [5.74, 6) is 2.22. The van der Waals surface area contributed by atoms with Gasteiger partial charge < -0.3 is 49.9 Å². The molecule has 0 spiro atoms. The van der Waals surface area contributed by atoms with Gasteiger partial charge >= 0.3 is 12.2 Å². The summed E-state index contributed by atoms with van der Waals surface area (Å²) >= 11 is 0. The minimum Gasteiger partial charge on any atom is -0.453 e. The van der Waals surface area contributed by atoms with Crippen molar-refractivity contribution in [2.24, 2.45) is 11.8 Å². The molecule has 2 aromatic heterocycles. The van der Waals surface area contributed by atoms with E-state index >= 15 is 0 Å². The van der Waals surface area contributed by atoms with Gasteiger partial charge in [0, 0.05) is 24.2 Å². The number of carbonyl (C=O) groups is 4. The number of methoxy groups -OCH3 is 2. The molecule has 7 rings (SSSR count). The second-order valence-electron chi connectivity index (χ2n) is 16.1. The minimum absolute atomic E-state index is 0.123. The fourth-order valence-electron chi connectivity index (χ4n) is 8.42. The fourth-order valence-corrected chi connectivity index (χ4v) is 8.42. The summed E-state index contributed by atoms with van der Waals surface area (Å²) in [6.45, 7) is 10.9. The number of amides is 4. The Kier molecular flexibility index (Phi) is 12.1. The van der Waals surface area contributed by atoms with E-state index in [4.69, 9.17) is 24.2 Å². The Balaban J connectivity index is 1.09. The molecule has 16 heteroatoms. The van der Waals surface area contributed by atoms with Gasteiger partial charge in [-0.05, 0) is 73.8 Å². The van der Waals surface area contributed by atoms with E-state index in [0.29, 0.717) is 36.2 Å². The van der Waals surface area contributed by atoms with Crippen molar-refractivity contribution in [2.45, 2.75) is 97.3 Å². The van der Waals surface area contributed by atoms with Gasteiger partial charge in [-0.1, -0.05) is 47.1 Å². The number of anilines is 2. The first-order valence-electron chi connectivity index (χ1n) is 20.6. The summed E-state index contributed by atoms with van der Waals surface area (Å²) in [6.07, 6.45) is 7.20. The molecule has 2 aromatic carbocycles. The molecule has 2 saturated heterocycles. The van der Waals surface area contributed by atoms with Crippen LogP contribution in [0.4, 0.5) is 21.0 Å². The van der Waals surface area contributed by atoms with Gasteiger partial charge in [0.2, 0.25) is 11.8 Å². The quantitative estimate of drug-likeness (QED) is 0.0850. The van der Waals surface area contributed by atoms with E-state index in [2.05, 4.69) is 32.8 Å². The van der Waals surface area contributed by atoms with E-state index in [1.807, 2.05) is 69.1 Å². The molecule has 59 heavy (non-hydrogen) atoms. The number of nitrogens with one attached hydrogen (secondary N) is 5. The van der Waals surface area contributed by atoms with Crippen LogP contribution in [0, 0.1) is 11.8 Å². The number of nitrogens with zero attached hydrogens (tertiary/aromatic N) is 4. The van der Waals surface area contributed by atoms with Crippen LogP contribution >= 0.6 is 0 Å². The van der Waals surface area contributed by atoms with Crippen molar-refractivity contribution in [1.82, 2.24) is 40.4 Å². The Labute approximate surface area is 344 Å². The number of aromatic nitrogens is 4. The standard InChI is InChI=1S/C43H55N9O7/c1-8-11-27-26(30-22-45-39(48-30)32-13-10-19-52(32)41(54)36(24(4)5)50-43(56)58-7)15-17-33-37(27)46-28-16-14-25(20-34(28)59-33)29-21-44-38(47-29)31-12-9-18-51(31)40(53)35(23(2)3)49-42(55)57-6/h14-17,20-24,31-32,35-36,46H,8-13,18-19H2,1-7H3,(H,44,47)(H,45,48)(H,49,55)(H,50,56)/t31-,32-,35-,36-/m0/s1. The maximum Gasteiger partial charge on any atom is 0.407 e. The molecule has 4 amide bonds. The number of rotatable bonds is 12. The summed E-state index contributed by atoms with van der Waals surface area (Å²) in [4.78, 5) is 71.5. The monoisotopic (exact) mass is 809 g/mol. The van der Waals surface area contributed by atoms with Gasteiger partial charge in [-0.2, -0.15) is 0 Å². The molecule has 2 fully saturated rings. The van der Waals surface area contributed by atoms with Crippen LogP contribution in [0.5, 0.6) is 11.5 Å². The second kappa shape index (κ2) is 17.4. The molecular weight excluding hydrogens is 755 g/mol. The van der Waals surface area contributed by atoms with Crippen molar-refractivity contribution in [3.63, 3.8) is 0 Å². The van der Waals surface area contributed by atoms with E-state index in [1.54, 1.807) is 11.1 Å². The molecule has 0 aliphatic carbocycles. The lowest BCUT2D eigenvalue weighted by molar-refractivity contribution is -0.136. The lowest BCUT2D eigenvalue weighted by atomic mass is 9.97. The van der Waals surface area contributed by atoms with Gasteiger partial charge in [0.25, 0.3) is 0 Å². The van der Waals surface area contributed by atoms with E-state index in [9.17, 15) is 19.2 Å². The molecule has 3 aliphatic heterocycles. The number of imidazole rings is 2. The van der Waals surface area contributed by atoms with Crippen molar-refractivity contribution in [2.75, 3.05) is 32.6 Å². The fraction of sp³-hybridized carbons (Fsp3) is 0.488. The number of aromatic amines is 2. The zero-order valence-electron chi connectivity index (χ0n) is 34.8. The average Bonchev–Trinajstić information content (AvgIpc) is 4.07. The van der Waals surface area contributed by atoms with E-state index in [0.717, 1.165) is 78.0 Å². The first-order chi connectivity index (χ1) is 28.4. The van der Waals surface area contributed by atoms with Crippen molar-refractivity contribution in [3.05, 3.63) is 59.9 Å². The predicted octanol–water partition coefficient (Wildman–Crippen LogP) is 7.36. The summed E-state index contributed by atoms with van der Waals surface area (Å²) in [5, 5.41) is 9.06. The molecule has 3 aliphatic rings. The van der Waals surface area contributed by atoms with Crippen LogP contribution in [0.15, 0.2) is 42.7 Å². The number of likely N-dealkylation sites (tertiary alicyclic amines) is 2. The molecule has 4 atom stereocenters. The molecule has 0 bridgehead atoms. The Bertz CT molecular complexity index is 2200. The third-order valence-corrected chi connectivity index (χ3v) is 11.5. The Morgan fingerprint density at radius 2 is 1.36 bits per heavy atom. The zero-order chi connectivity index (χ0) is 42.0. The predicted molar refractivity (Wildman–Crippen MR) is 221 cm³/mol. The van der Waals surface area contributed by atoms with Gasteiger partial charge in [-0.15, -0.1) is 0 Å². The van der Waals surface area contributed by atoms with E-state index in [-0.39, 0.29) is 35.7 Å². The topological polar surface area (TPSA) is 196 Å². The van der Waals surface area contributed by atoms with Gasteiger partial charge in [0.05, 0.1) is 61.5 Å². The van der Waals surface area contributed by atoms with Gasteiger partial charge in [-0.3, -0.25) is 9.59 Å².